The molecule has 1 aromatic rings. The number of hydrogen-bond donors (Lipinski definition) is 2. The van der Waals surface area contributed by atoms with Crippen molar-refractivity contribution >= 4 is 5.69 Å². The van der Waals surface area contributed by atoms with Crippen molar-refractivity contribution < 1.29 is 14.6 Å². The van der Waals surface area contributed by atoms with Crippen molar-refractivity contribution in [2.75, 3.05) is 32.2 Å². The molecule has 20 heavy (non-hydrogen) atoms. The quantitative estimate of drug-likeness (QED) is 0.757. The van der Waals surface area contributed by atoms with Crippen molar-refractivity contribution in [3.8, 4) is 11.8 Å². The van der Waals surface area contributed by atoms with Crippen molar-refractivity contribution in [1.82, 2.24) is 0 Å². The molecule has 0 aromatic heterocycles. The maximum Gasteiger partial charge on any atom is 0.143 e. The Labute approximate surface area is 119 Å². The smallest absolute Gasteiger partial charge is 0.143 e. The molecule has 1 saturated carbocycles. The molecule has 1 atom stereocenters. The highest BCUT2D eigenvalue weighted by Crippen LogP contribution is 2.29. The molecule has 108 valence electrons. The lowest BCUT2D eigenvalue weighted by atomic mass is 10.1. The predicted octanol–water partition coefficient (Wildman–Crippen LogP) is 1.77. The zero-order chi connectivity index (χ0) is 14.4. The second-order valence-electron chi connectivity index (χ2n) is 5.01. The molecule has 2 rings (SSSR count). The number of nitrogens with zero attached hydrogens (tertiary/aromatic N) is 1. The Balaban J connectivity index is 1.84. The van der Waals surface area contributed by atoms with Gasteiger partial charge in [0, 0.05) is 13.2 Å². The minimum absolute atomic E-state index is 0.306. The molecule has 0 heterocycles. The molecular weight excluding hydrogens is 256 g/mol. The summed E-state index contributed by atoms with van der Waals surface area (Å²) >= 11 is 0. The summed E-state index contributed by atoms with van der Waals surface area (Å²) < 4.78 is 10.6. The van der Waals surface area contributed by atoms with Gasteiger partial charge in [-0.15, -0.1) is 0 Å². The molecule has 5 nitrogen and oxygen atoms in total. The lowest BCUT2D eigenvalue weighted by Gasteiger charge is -2.16. The van der Waals surface area contributed by atoms with Gasteiger partial charge in [-0.1, -0.05) is 6.07 Å². The van der Waals surface area contributed by atoms with E-state index in [1.807, 2.05) is 0 Å². The van der Waals surface area contributed by atoms with Crippen LogP contribution in [0.25, 0.3) is 0 Å². The predicted molar refractivity (Wildman–Crippen MR) is 75.7 cm³/mol. The van der Waals surface area contributed by atoms with Crippen LogP contribution >= 0.6 is 0 Å². The summed E-state index contributed by atoms with van der Waals surface area (Å²) in [6, 6.07) is 7.35. The molecule has 5 heteroatoms. The van der Waals surface area contributed by atoms with Gasteiger partial charge in [0.05, 0.1) is 31.1 Å². The molecule has 0 bridgehead atoms. The first kappa shape index (κ1) is 14.6. The number of rotatable bonds is 8. The molecule has 1 aliphatic rings. The minimum Gasteiger partial charge on any atom is -0.495 e. The number of methoxy groups -OCH3 is 1. The Bertz CT molecular complexity index is 480. The van der Waals surface area contributed by atoms with Crippen LogP contribution in [0, 0.1) is 17.2 Å². The standard InChI is InChI=1S/C15H20N2O3/c1-19-14-4-2-3-12(7-16)15(14)17-8-13(18)10-20-9-11-5-6-11/h2-4,11,13,17-18H,5-6,8-10H2,1H3. The minimum atomic E-state index is -0.606. The van der Waals surface area contributed by atoms with E-state index in [0.717, 1.165) is 6.61 Å². The molecule has 1 aliphatic carbocycles. The fourth-order valence-electron chi connectivity index (χ4n) is 1.91. The maximum atomic E-state index is 9.86. The van der Waals surface area contributed by atoms with Gasteiger partial charge in [0.15, 0.2) is 0 Å². The van der Waals surface area contributed by atoms with Crippen LogP contribution in [0.5, 0.6) is 5.75 Å². The van der Waals surface area contributed by atoms with Crippen LogP contribution < -0.4 is 10.1 Å². The molecule has 1 fully saturated rings. The van der Waals surface area contributed by atoms with Crippen LogP contribution in [0.15, 0.2) is 18.2 Å². The number of benzene rings is 1. The SMILES string of the molecule is COc1cccc(C#N)c1NCC(O)COCC1CC1. The summed E-state index contributed by atoms with van der Waals surface area (Å²) in [5.74, 6) is 1.28. The van der Waals surface area contributed by atoms with Gasteiger partial charge in [-0.05, 0) is 30.9 Å². The largest absolute Gasteiger partial charge is 0.495 e. The topological polar surface area (TPSA) is 74.5 Å². The van der Waals surface area contributed by atoms with Crippen molar-refractivity contribution in [2.45, 2.75) is 18.9 Å². The molecule has 0 amide bonds. The fourth-order valence-corrected chi connectivity index (χ4v) is 1.91. The average Bonchev–Trinajstić information content (AvgIpc) is 3.28. The van der Waals surface area contributed by atoms with E-state index in [2.05, 4.69) is 11.4 Å². The van der Waals surface area contributed by atoms with E-state index in [0.29, 0.717) is 36.1 Å². The lowest BCUT2D eigenvalue weighted by Crippen LogP contribution is -2.25. The summed E-state index contributed by atoms with van der Waals surface area (Å²) in [7, 11) is 1.55. The third-order valence-corrected chi connectivity index (χ3v) is 3.24. The van der Waals surface area contributed by atoms with E-state index >= 15 is 0 Å². The fraction of sp³-hybridized carbons (Fsp3) is 0.533. The van der Waals surface area contributed by atoms with E-state index in [1.165, 1.54) is 12.8 Å². The average molecular weight is 276 g/mol. The number of aliphatic hydroxyl groups excluding tert-OH is 1. The van der Waals surface area contributed by atoms with Crippen LogP contribution in [0.2, 0.25) is 0 Å². The Morgan fingerprint density at radius 1 is 1.50 bits per heavy atom. The second-order valence-corrected chi connectivity index (χ2v) is 5.01. The first-order chi connectivity index (χ1) is 9.74. The number of ether oxygens (including phenoxy) is 2. The normalized spacial score (nSPS) is 15.4. The van der Waals surface area contributed by atoms with Crippen molar-refractivity contribution in [3.63, 3.8) is 0 Å². The van der Waals surface area contributed by atoms with Crippen LogP contribution in [-0.4, -0.2) is 38.1 Å². The Morgan fingerprint density at radius 3 is 2.95 bits per heavy atom. The number of anilines is 1. The van der Waals surface area contributed by atoms with Gasteiger partial charge >= 0.3 is 0 Å². The Morgan fingerprint density at radius 2 is 2.30 bits per heavy atom. The molecule has 0 spiro atoms. The van der Waals surface area contributed by atoms with Crippen LogP contribution in [-0.2, 0) is 4.74 Å². The van der Waals surface area contributed by atoms with Gasteiger partial charge in [0.25, 0.3) is 0 Å². The van der Waals surface area contributed by atoms with Gasteiger partial charge in [0.2, 0.25) is 0 Å². The molecule has 0 aliphatic heterocycles. The zero-order valence-corrected chi connectivity index (χ0v) is 11.6. The summed E-state index contributed by atoms with van der Waals surface area (Å²) in [6.07, 6.45) is 1.87. The molecule has 0 radical (unpaired) electrons. The highest BCUT2D eigenvalue weighted by molar-refractivity contribution is 5.66. The second kappa shape index (κ2) is 7.13. The Kier molecular flexibility index (Phi) is 5.22. The monoisotopic (exact) mass is 276 g/mol. The number of aliphatic hydroxyl groups is 1. The van der Waals surface area contributed by atoms with Crippen LogP contribution in [0.1, 0.15) is 18.4 Å². The first-order valence-corrected chi connectivity index (χ1v) is 6.81. The summed E-state index contributed by atoms with van der Waals surface area (Å²) in [5.41, 5.74) is 1.11. The van der Waals surface area contributed by atoms with Crippen LogP contribution in [0.4, 0.5) is 5.69 Å². The Hall–Kier alpha value is -1.77. The van der Waals surface area contributed by atoms with E-state index in [9.17, 15) is 5.11 Å². The number of hydrogen-bond acceptors (Lipinski definition) is 5. The van der Waals surface area contributed by atoms with E-state index < -0.39 is 6.10 Å². The highest BCUT2D eigenvalue weighted by atomic mass is 16.5. The van der Waals surface area contributed by atoms with Crippen molar-refractivity contribution in [3.05, 3.63) is 23.8 Å². The molecule has 2 N–H and O–H groups in total. The van der Waals surface area contributed by atoms with Gasteiger partial charge in [-0.3, -0.25) is 0 Å². The molecule has 1 aromatic carbocycles. The van der Waals surface area contributed by atoms with Gasteiger partial charge in [-0.2, -0.15) is 5.26 Å². The van der Waals surface area contributed by atoms with Crippen molar-refractivity contribution in [1.29, 1.82) is 5.26 Å². The van der Waals surface area contributed by atoms with E-state index in [-0.39, 0.29) is 0 Å². The third kappa shape index (κ3) is 4.12. The van der Waals surface area contributed by atoms with Gasteiger partial charge < -0.3 is 19.9 Å². The number of nitriles is 1. The summed E-state index contributed by atoms with van der Waals surface area (Å²) in [4.78, 5) is 0. The van der Waals surface area contributed by atoms with Crippen molar-refractivity contribution in [2.24, 2.45) is 5.92 Å². The molecule has 1 unspecified atom stereocenters. The summed E-state index contributed by atoms with van der Waals surface area (Å²) in [5, 5.41) is 22.0. The highest BCUT2D eigenvalue weighted by Gasteiger charge is 2.21. The van der Waals surface area contributed by atoms with Gasteiger partial charge in [0.1, 0.15) is 11.8 Å². The van der Waals surface area contributed by atoms with E-state index in [4.69, 9.17) is 14.7 Å². The molecule has 0 saturated heterocycles. The molecular formula is C15H20N2O3. The number of para-hydroxylation sites is 1. The van der Waals surface area contributed by atoms with Crippen LogP contribution in [0.3, 0.4) is 0 Å². The number of nitrogens with one attached hydrogen (secondary N) is 1. The zero-order valence-electron chi connectivity index (χ0n) is 11.6. The lowest BCUT2D eigenvalue weighted by molar-refractivity contribution is 0.0386. The summed E-state index contributed by atoms with van der Waals surface area (Å²) in [6.45, 7) is 1.36. The van der Waals surface area contributed by atoms with Gasteiger partial charge in [-0.25, -0.2) is 0 Å². The third-order valence-electron chi connectivity index (χ3n) is 3.24. The maximum absolute atomic E-state index is 9.86. The first-order valence-electron chi connectivity index (χ1n) is 6.81. The van der Waals surface area contributed by atoms with E-state index in [1.54, 1.807) is 25.3 Å².